The quantitative estimate of drug-likeness (QED) is 0.400. The number of benzene rings is 1. The number of aromatic nitrogens is 2. The van der Waals surface area contributed by atoms with Crippen LogP contribution in [0.25, 0.3) is 22.4 Å². The van der Waals surface area contributed by atoms with Crippen LogP contribution in [0.15, 0.2) is 28.7 Å². The monoisotopic (exact) mass is 496 g/mol. The molecular weight excluding hydrogens is 473 g/mol. The van der Waals surface area contributed by atoms with Crippen molar-refractivity contribution < 1.29 is 41.8 Å². The lowest BCUT2D eigenvalue weighted by Crippen LogP contribution is -2.49. The third-order valence-electron chi connectivity index (χ3n) is 5.20. The number of nitrogens with one attached hydrogen (secondary N) is 1. The van der Waals surface area contributed by atoms with Crippen LogP contribution in [0.2, 0.25) is 0 Å². The van der Waals surface area contributed by atoms with Gasteiger partial charge in [-0.2, -0.15) is 13.2 Å². The minimum absolute atomic E-state index is 0.0454. The summed E-state index contributed by atoms with van der Waals surface area (Å²) in [6.45, 7) is 1.36. The van der Waals surface area contributed by atoms with Crippen molar-refractivity contribution in [2.75, 3.05) is 14.2 Å². The van der Waals surface area contributed by atoms with E-state index in [-0.39, 0.29) is 52.5 Å². The largest absolute Gasteiger partial charge is 0.494 e. The Morgan fingerprint density at radius 1 is 1.20 bits per heavy atom. The molecule has 0 aliphatic rings. The van der Waals surface area contributed by atoms with E-state index in [1.807, 2.05) is 0 Å². The molecule has 0 bridgehead atoms. The molecule has 0 unspecified atom stereocenters. The van der Waals surface area contributed by atoms with Crippen molar-refractivity contribution in [3.8, 4) is 17.2 Å². The van der Waals surface area contributed by atoms with Crippen molar-refractivity contribution in [2.24, 2.45) is 5.73 Å². The van der Waals surface area contributed by atoms with Gasteiger partial charge in [0.2, 0.25) is 5.89 Å². The van der Waals surface area contributed by atoms with Crippen LogP contribution in [0, 0.1) is 0 Å². The Morgan fingerprint density at radius 2 is 1.91 bits per heavy atom. The Labute approximate surface area is 197 Å². The molecule has 10 nitrogen and oxygen atoms in total. The van der Waals surface area contributed by atoms with E-state index in [1.54, 1.807) is 6.92 Å². The Morgan fingerprint density at radius 3 is 2.49 bits per heavy atom. The lowest BCUT2D eigenvalue weighted by atomic mass is 10.1. The smallest absolute Gasteiger partial charge is 0.433 e. The van der Waals surface area contributed by atoms with Crippen molar-refractivity contribution in [2.45, 2.75) is 38.2 Å². The van der Waals surface area contributed by atoms with Crippen molar-refractivity contribution >= 4 is 22.8 Å². The van der Waals surface area contributed by atoms with Crippen LogP contribution >= 0.6 is 0 Å². The van der Waals surface area contributed by atoms with E-state index in [4.69, 9.17) is 14.9 Å². The lowest BCUT2D eigenvalue weighted by molar-refractivity contribution is -0.146. The Balaban J connectivity index is 2.08. The van der Waals surface area contributed by atoms with Crippen molar-refractivity contribution in [1.82, 2.24) is 15.3 Å². The maximum Gasteiger partial charge on any atom is 0.433 e. The third kappa shape index (κ3) is 5.20. The third-order valence-corrected chi connectivity index (χ3v) is 5.20. The predicted molar refractivity (Wildman–Crippen MR) is 116 cm³/mol. The second kappa shape index (κ2) is 10.3. The molecule has 4 N–H and O–H groups in total. The van der Waals surface area contributed by atoms with Gasteiger partial charge in [-0.3, -0.25) is 4.79 Å². The van der Waals surface area contributed by atoms with Gasteiger partial charge in [-0.05, 0) is 30.7 Å². The highest BCUT2D eigenvalue weighted by Crippen LogP contribution is 2.36. The molecule has 2 aromatic heterocycles. The zero-order chi connectivity index (χ0) is 25.9. The number of alkyl halides is 3. The van der Waals surface area contributed by atoms with E-state index < -0.39 is 35.9 Å². The number of hydrogen-bond acceptors (Lipinski definition) is 9. The number of nitrogens with two attached hydrogens (primary N) is 1. The average Bonchev–Trinajstić information content (AvgIpc) is 3.29. The SMILES string of the molecule is CC[C@@H](O)[C@H](NC(=O)c1nc(-c2ccc(OC)c3nc(C(F)(F)F)ccc23)oc1CN)C(=O)OC. The van der Waals surface area contributed by atoms with Crippen molar-refractivity contribution in [1.29, 1.82) is 0 Å². The van der Waals surface area contributed by atoms with Crippen LogP contribution in [-0.2, 0) is 22.3 Å². The number of carbonyl (C=O) groups is 2. The summed E-state index contributed by atoms with van der Waals surface area (Å²) in [4.78, 5) is 32.7. The molecule has 1 amide bonds. The molecule has 35 heavy (non-hydrogen) atoms. The number of amides is 1. The fourth-order valence-corrected chi connectivity index (χ4v) is 3.37. The number of oxazole rings is 1. The molecule has 3 rings (SSSR count). The number of pyridine rings is 1. The molecule has 1 aromatic carbocycles. The topological polar surface area (TPSA) is 150 Å². The number of rotatable bonds is 8. The highest BCUT2D eigenvalue weighted by atomic mass is 19.4. The zero-order valence-corrected chi connectivity index (χ0v) is 19.0. The van der Waals surface area contributed by atoms with E-state index in [2.05, 4.69) is 20.0 Å². The van der Waals surface area contributed by atoms with Gasteiger partial charge >= 0.3 is 12.1 Å². The maximum atomic E-state index is 13.2. The highest BCUT2D eigenvalue weighted by Gasteiger charge is 2.34. The van der Waals surface area contributed by atoms with Gasteiger partial charge in [0.1, 0.15) is 17.0 Å². The van der Waals surface area contributed by atoms with Crippen LogP contribution in [-0.4, -0.2) is 53.3 Å². The van der Waals surface area contributed by atoms with E-state index >= 15 is 0 Å². The molecule has 2 heterocycles. The van der Waals surface area contributed by atoms with Gasteiger partial charge in [-0.25, -0.2) is 14.8 Å². The summed E-state index contributed by atoms with van der Waals surface area (Å²) >= 11 is 0. The number of ether oxygens (including phenoxy) is 2. The Kier molecular flexibility index (Phi) is 7.60. The minimum atomic E-state index is -4.67. The van der Waals surface area contributed by atoms with E-state index in [1.165, 1.54) is 25.3 Å². The number of nitrogens with zero attached hydrogens (tertiary/aromatic N) is 2. The molecule has 2 atom stereocenters. The summed E-state index contributed by atoms with van der Waals surface area (Å²) in [7, 11) is 2.40. The minimum Gasteiger partial charge on any atom is -0.494 e. The zero-order valence-electron chi connectivity index (χ0n) is 19.0. The maximum absolute atomic E-state index is 13.2. The van der Waals surface area contributed by atoms with E-state index in [0.29, 0.717) is 0 Å². The second-order valence-corrected chi connectivity index (χ2v) is 7.35. The van der Waals surface area contributed by atoms with Crippen LogP contribution in [0.3, 0.4) is 0 Å². The summed E-state index contributed by atoms with van der Waals surface area (Å²) in [5, 5.41) is 12.7. The molecular formula is C22H23F3N4O6. The van der Waals surface area contributed by atoms with Gasteiger partial charge in [0, 0.05) is 10.9 Å². The number of fused-ring (bicyclic) bond motifs is 1. The lowest BCUT2D eigenvalue weighted by Gasteiger charge is -2.20. The van der Waals surface area contributed by atoms with Crippen LogP contribution < -0.4 is 15.8 Å². The molecule has 0 aliphatic heterocycles. The van der Waals surface area contributed by atoms with Crippen LogP contribution in [0.1, 0.15) is 35.3 Å². The van der Waals surface area contributed by atoms with Gasteiger partial charge in [-0.15, -0.1) is 0 Å². The summed E-state index contributed by atoms with van der Waals surface area (Å²) in [5.74, 6) is -1.80. The first-order chi connectivity index (χ1) is 16.5. The molecule has 0 saturated heterocycles. The molecule has 0 saturated carbocycles. The Hall–Kier alpha value is -3.71. The van der Waals surface area contributed by atoms with Crippen molar-refractivity contribution in [3.05, 3.63) is 41.4 Å². The Bertz CT molecular complexity index is 1240. The molecule has 0 fully saturated rings. The van der Waals surface area contributed by atoms with Crippen LogP contribution in [0.5, 0.6) is 5.75 Å². The van der Waals surface area contributed by atoms with Gasteiger partial charge in [0.25, 0.3) is 5.91 Å². The number of esters is 1. The number of halogens is 3. The fourth-order valence-electron chi connectivity index (χ4n) is 3.37. The van der Waals surface area contributed by atoms with Gasteiger partial charge in [0.05, 0.1) is 26.9 Å². The fraction of sp³-hybridized carbons (Fsp3) is 0.364. The molecule has 3 aromatic rings. The molecule has 0 aliphatic carbocycles. The molecule has 13 heteroatoms. The number of aliphatic hydroxyl groups is 1. The number of aliphatic hydroxyl groups excluding tert-OH is 1. The van der Waals surface area contributed by atoms with Gasteiger partial charge in [-0.1, -0.05) is 6.92 Å². The highest BCUT2D eigenvalue weighted by molar-refractivity contribution is 5.99. The number of methoxy groups -OCH3 is 2. The standard InChI is InChI=1S/C22H23F3N4O6/c1-4-12(30)17(21(32)34-3)28-19(31)18-14(9-26)35-20(29-18)11-5-7-13(33-2)16-10(11)6-8-15(27-16)22(23,24)25/h5-8,12,17,30H,4,9,26H2,1-3H3,(H,28,31)/t12-,17+/m1/s1. The number of hydrogen-bond donors (Lipinski definition) is 3. The van der Waals surface area contributed by atoms with E-state index in [0.717, 1.165) is 13.2 Å². The predicted octanol–water partition coefficient (Wildman–Crippen LogP) is 2.42. The molecule has 0 spiro atoms. The van der Waals surface area contributed by atoms with Crippen LogP contribution in [0.4, 0.5) is 13.2 Å². The first-order valence-electron chi connectivity index (χ1n) is 10.4. The van der Waals surface area contributed by atoms with Crippen molar-refractivity contribution in [3.63, 3.8) is 0 Å². The summed E-state index contributed by atoms with van der Waals surface area (Å²) in [6, 6.07) is 3.51. The average molecular weight is 496 g/mol. The first kappa shape index (κ1) is 25.9. The summed E-state index contributed by atoms with van der Waals surface area (Å²) in [6.07, 6.45) is -5.74. The normalized spacial score (nSPS) is 13.4. The summed E-state index contributed by atoms with van der Waals surface area (Å²) < 4.78 is 55.0. The molecule has 0 radical (unpaired) electrons. The van der Waals surface area contributed by atoms with E-state index in [9.17, 15) is 27.9 Å². The number of carbonyl (C=O) groups excluding carboxylic acids is 2. The van der Waals surface area contributed by atoms with Gasteiger partial charge < -0.3 is 30.0 Å². The first-order valence-corrected chi connectivity index (χ1v) is 10.4. The van der Waals surface area contributed by atoms with Gasteiger partial charge in [0.15, 0.2) is 17.5 Å². The summed E-state index contributed by atoms with van der Waals surface area (Å²) in [5.41, 5.74) is 4.47. The second-order valence-electron chi connectivity index (χ2n) is 7.35. The molecule has 188 valence electrons.